The molecule has 0 aliphatic heterocycles. The Hall–Kier alpha value is -0.460. The molecule has 0 bridgehead atoms. The average Bonchev–Trinajstić information content (AvgIpc) is 2.11. The second kappa shape index (κ2) is 4.82. The summed E-state index contributed by atoms with van der Waals surface area (Å²) in [5.74, 6) is 0. The molecule has 0 unspecified atom stereocenters. The van der Waals surface area contributed by atoms with Gasteiger partial charge in [-0.25, -0.2) is 0 Å². The van der Waals surface area contributed by atoms with Gasteiger partial charge in [-0.2, -0.15) is 26.3 Å². The molecule has 0 aliphatic rings. The van der Waals surface area contributed by atoms with Gasteiger partial charge in [-0.05, 0) is 11.8 Å². The van der Waals surface area contributed by atoms with Gasteiger partial charge in [-0.3, -0.25) is 0 Å². The lowest BCUT2D eigenvalue weighted by Crippen LogP contribution is -2.66. The fraction of sp³-hybridized carbons (Fsp3) is 1.00. The highest BCUT2D eigenvalue weighted by molar-refractivity contribution is 5.05. The van der Waals surface area contributed by atoms with Crippen molar-refractivity contribution < 1.29 is 31.4 Å². The zero-order valence-corrected chi connectivity index (χ0v) is 11.6. The average molecular weight is 294 g/mol. The Labute approximate surface area is 109 Å². The van der Waals surface area contributed by atoms with Crippen molar-refractivity contribution in [1.29, 1.82) is 0 Å². The molecule has 7 heteroatoms. The topological polar surface area (TPSA) is 20.2 Å². The number of hydrogen-bond donors (Lipinski definition) is 1. The highest BCUT2D eigenvalue weighted by Gasteiger charge is 2.76. The molecule has 0 rings (SSSR count). The number of aliphatic hydroxyl groups is 1. The van der Waals surface area contributed by atoms with E-state index in [2.05, 4.69) is 0 Å². The normalized spacial score (nSPS) is 15.8. The second-order valence-electron chi connectivity index (χ2n) is 6.28. The lowest BCUT2D eigenvalue weighted by molar-refractivity contribution is -0.402. The van der Waals surface area contributed by atoms with Crippen molar-refractivity contribution in [1.82, 2.24) is 0 Å². The first-order chi connectivity index (χ1) is 8.02. The van der Waals surface area contributed by atoms with E-state index in [1.54, 1.807) is 20.8 Å². The molecule has 0 heterocycles. The van der Waals surface area contributed by atoms with Crippen LogP contribution in [0.3, 0.4) is 0 Å². The van der Waals surface area contributed by atoms with Crippen LogP contribution in [0.15, 0.2) is 0 Å². The maximum Gasteiger partial charge on any atom is 0.426 e. The summed E-state index contributed by atoms with van der Waals surface area (Å²) < 4.78 is 76.8. The molecule has 0 aromatic carbocycles. The molecule has 0 atom stereocenters. The third-order valence-electron chi connectivity index (χ3n) is 3.68. The van der Waals surface area contributed by atoms with Crippen molar-refractivity contribution in [3.63, 3.8) is 0 Å². The summed E-state index contributed by atoms with van der Waals surface area (Å²) in [6.45, 7) is 6.41. The molecule has 1 nitrogen and oxygen atoms in total. The maximum atomic E-state index is 12.8. The van der Waals surface area contributed by atoms with Gasteiger partial charge in [0.1, 0.15) is 0 Å². The monoisotopic (exact) mass is 294 g/mol. The number of rotatable bonds is 4. The first-order valence-electron chi connectivity index (χ1n) is 5.88. The molecule has 0 spiro atoms. The Morgan fingerprint density at radius 2 is 1.11 bits per heavy atom. The summed E-state index contributed by atoms with van der Waals surface area (Å²) in [6, 6.07) is 0. The van der Waals surface area contributed by atoms with Crippen LogP contribution in [0.1, 0.15) is 47.5 Å². The molecule has 0 saturated carbocycles. The van der Waals surface area contributed by atoms with Crippen LogP contribution in [-0.2, 0) is 0 Å². The Morgan fingerprint density at radius 3 is 1.32 bits per heavy atom. The highest BCUT2D eigenvalue weighted by atomic mass is 19.4. The molecule has 0 saturated heterocycles. The van der Waals surface area contributed by atoms with E-state index in [0.29, 0.717) is 6.42 Å². The van der Waals surface area contributed by atoms with Crippen molar-refractivity contribution in [3.05, 3.63) is 0 Å². The minimum absolute atomic E-state index is 0.405. The number of halogens is 6. The fourth-order valence-corrected chi connectivity index (χ4v) is 2.38. The smallest absolute Gasteiger partial charge is 0.373 e. The van der Waals surface area contributed by atoms with Crippen LogP contribution in [0, 0.1) is 10.8 Å². The fourth-order valence-electron chi connectivity index (χ4n) is 2.38. The van der Waals surface area contributed by atoms with Gasteiger partial charge in [0.2, 0.25) is 0 Å². The van der Waals surface area contributed by atoms with Crippen molar-refractivity contribution in [3.8, 4) is 0 Å². The first-order valence-corrected chi connectivity index (χ1v) is 5.88. The summed E-state index contributed by atoms with van der Waals surface area (Å²) in [4.78, 5) is 0. The number of hydrogen-bond acceptors (Lipinski definition) is 1. The lowest BCUT2D eigenvalue weighted by atomic mass is 9.64. The van der Waals surface area contributed by atoms with Gasteiger partial charge in [0.25, 0.3) is 5.60 Å². The van der Waals surface area contributed by atoms with Gasteiger partial charge in [-0.15, -0.1) is 0 Å². The molecule has 0 aromatic rings. The third-order valence-corrected chi connectivity index (χ3v) is 3.68. The quantitative estimate of drug-likeness (QED) is 0.745. The largest absolute Gasteiger partial charge is 0.426 e. The van der Waals surface area contributed by atoms with Crippen molar-refractivity contribution >= 4 is 0 Å². The van der Waals surface area contributed by atoms with Crippen molar-refractivity contribution in [2.24, 2.45) is 10.8 Å². The van der Waals surface area contributed by atoms with Gasteiger partial charge in [0.15, 0.2) is 0 Å². The first kappa shape index (κ1) is 18.5. The van der Waals surface area contributed by atoms with Crippen LogP contribution in [-0.4, -0.2) is 23.1 Å². The standard InChI is InChI=1S/C12H20F6O/c1-6-8(2,3)7-9(4,5)10(19,11(13,14)15)12(16,17)18/h19H,6-7H2,1-5H3. The summed E-state index contributed by atoms with van der Waals surface area (Å²) in [5.41, 5.74) is -7.85. The molecule has 0 fully saturated rings. The van der Waals surface area contributed by atoms with Crippen LogP contribution in [0.2, 0.25) is 0 Å². The van der Waals surface area contributed by atoms with Gasteiger partial charge < -0.3 is 5.11 Å². The summed E-state index contributed by atoms with van der Waals surface area (Å²) in [6.07, 6.45) is -11.6. The van der Waals surface area contributed by atoms with E-state index in [4.69, 9.17) is 0 Å². The van der Waals surface area contributed by atoms with Crippen LogP contribution in [0.5, 0.6) is 0 Å². The van der Waals surface area contributed by atoms with Crippen molar-refractivity contribution in [2.75, 3.05) is 0 Å². The third kappa shape index (κ3) is 3.35. The molecule has 0 aliphatic carbocycles. The molecule has 0 aromatic heterocycles. The van der Waals surface area contributed by atoms with E-state index in [1.165, 1.54) is 0 Å². The van der Waals surface area contributed by atoms with Crippen molar-refractivity contribution in [2.45, 2.75) is 65.4 Å². The Balaban J connectivity index is 5.78. The molecule has 0 amide bonds. The van der Waals surface area contributed by atoms with E-state index in [-0.39, 0.29) is 0 Å². The molecule has 19 heavy (non-hydrogen) atoms. The predicted molar refractivity (Wildman–Crippen MR) is 59.5 cm³/mol. The van der Waals surface area contributed by atoms with Gasteiger partial charge in [0, 0.05) is 5.41 Å². The van der Waals surface area contributed by atoms with E-state index < -0.39 is 35.2 Å². The van der Waals surface area contributed by atoms with Crippen LogP contribution >= 0.6 is 0 Å². The highest BCUT2D eigenvalue weighted by Crippen LogP contribution is 2.56. The predicted octanol–water partition coefficient (Wildman–Crippen LogP) is 4.69. The van der Waals surface area contributed by atoms with E-state index >= 15 is 0 Å². The van der Waals surface area contributed by atoms with E-state index in [1.807, 2.05) is 0 Å². The summed E-state index contributed by atoms with van der Waals surface area (Å²) in [5, 5.41) is 9.42. The second-order valence-corrected chi connectivity index (χ2v) is 6.28. The molecular formula is C12H20F6O. The molecule has 116 valence electrons. The van der Waals surface area contributed by atoms with Crippen LogP contribution in [0.4, 0.5) is 26.3 Å². The maximum absolute atomic E-state index is 12.8. The zero-order chi connectivity index (χ0) is 15.9. The number of alkyl halides is 6. The van der Waals surface area contributed by atoms with Gasteiger partial charge in [-0.1, -0.05) is 41.0 Å². The molecule has 1 N–H and O–H groups in total. The summed E-state index contributed by atoms with van der Waals surface area (Å²) in [7, 11) is 0. The SMILES string of the molecule is CCC(C)(C)CC(C)(C)C(O)(C(F)(F)F)C(F)(F)F. The summed E-state index contributed by atoms with van der Waals surface area (Å²) >= 11 is 0. The Kier molecular flexibility index (Phi) is 4.71. The van der Waals surface area contributed by atoms with Crippen LogP contribution in [0.25, 0.3) is 0 Å². The zero-order valence-electron chi connectivity index (χ0n) is 11.6. The molecule has 0 radical (unpaired) electrons. The lowest BCUT2D eigenvalue weighted by Gasteiger charge is -2.47. The Bertz CT molecular complexity index is 299. The van der Waals surface area contributed by atoms with Gasteiger partial charge in [0.05, 0.1) is 0 Å². The minimum atomic E-state index is -5.78. The van der Waals surface area contributed by atoms with E-state index in [0.717, 1.165) is 13.8 Å². The minimum Gasteiger partial charge on any atom is -0.373 e. The van der Waals surface area contributed by atoms with Crippen LogP contribution < -0.4 is 0 Å². The Morgan fingerprint density at radius 1 is 0.789 bits per heavy atom. The van der Waals surface area contributed by atoms with E-state index in [9.17, 15) is 31.4 Å². The molecular weight excluding hydrogens is 274 g/mol. The van der Waals surface area contributed by atoms with Gasteiger partial charge >= 0.3 is 12.4 Å².